The summed E-state index contributed by atoms with van der Waals surface area (Å²) in [6, 6.07) is 5.26. The van der Waals surface area contributed by atoms with E-state index in [0.29, 0.717) is 17.9 Å². The molecule has 4 nitrogen and oxygen atoms in total. The molecule has 0 aliphatic heterocycles. The summed E-state index contributed by atoms with van der Waals surface area (Å²) >= 11 is 3.35. The molecule has 0 unspecified atom stereocenters. The lowest BCUT2D eigenvalue weighted by Gasteiger charge is -2.07. The Morgan fingerprint density at radius 1 is 1.41 bits per heavy atom. The van der Waals surface area contributed by atoms with Gasteiger partial charge in [-0.1, -0.05) is 6.92 Å². The van der Waals surface area contributed by atoms with Gasteiger partial charge < -0.3 is 15.4 Å². The lowest BCUT2D eigenvalue weighted by molar-refractivity contribution is 0.0954. The van der Waals surface area contributed by atoms with Crippen molar-refractivity contribution >= 4 is 21.8 Å². The van der Waals surface area contributed by atoms with Crippen molar-refractivity contribution in [2.75, 3.05) is 26.7 Å². The van der Waals surface area contributed by atoms with Gasteiger partial charge in [-0.15, -0.1) is 0 Å². The van der Waals surface area contributed by atoms with E-state index in [1.54, 1.807) is 25.3 Å². The first-order valence-electron chi connectivity index (χ1n) is 5.51. The molecule has 0 radical (unpaired) electrons. The van der Waals surface area contributed by atoms with Gasteiger partial charge in [-0.25, -0.2) is 0 Å². The Kier molecular flexibility index (Phi) is 6.00. The van der Waals surface area contributed by atoms with Gasteiger partial charge in [0.15, 0.2) is 0 Å². The summed E-state index contributed by atoms with van der Waals surface area (Å²) in [7, 11) is 1.59. The van der Waals surface area contributed by atoms with E-state index in [-0.39, 0.29) is 5.91 Å². The van der Waals surface area contributed by atoms with E-state index in [2.05, 4.69) is 26.6 Å². The highest BCUT2D eigenvalue weighted by atomic mass is 79.9. The smallest absolute Gasteiger partial charge is 0.251 e. The van der Waals surface area contributed by atoms with Gasteiger partial charge >= 0.3 is 0 Å². The molecule has 1 rings (SSSR count). The van der Waals surface area contributed by atoms with Gasteiger partial charge in [-0.2, -0.15) is 0 Å². The molecule has 17 heavy (non-hydrogen) atoms. The highest BCUT2D eigenvalue weighted by Gasteiger charge is 2.07. The second kappa shape index (κ2) is 7.29. The number of carbonyl (C=O) groups excluding carboxylic acids is 1. The van der Waals surface area contributed by atoms with Crippen LogP contribution in [0.4, 0.5) is 0 Å². The van der Waals surface area contributed by atoms with Crippen LogP contribution >= 0.6 is 15.9 Å². The van der Waals surface area contributed by atoms with Crippen molar-refractivity contribution in [3.63, 3.8) is 0 Å². The maximum Gasteiger partial charge on any atom is 0.251 e. The third-order valence-corrected chi connectivity index (χ3v) is 2.87. The number of halogens is 1. The number of amides is 1. The molecule has 2 N–H and O–H groups in total. The van der Waals surface area contributed by atoms with Gasteiger partial charge in [0.2, 0.25) is 0 Å². The zero-order valence-electron chi connectivity index (χ0n) is 10.0. The minimum absolute atomic E-state index is 0.0775. The van der Waals surface area contributed by atoms with E-state index in [1.165, 1.54) is 0 Å². The number of rotatable bonds is 6. The summed E-state index contributed by atoms with van der Waals surface area (Å²) < 4.78 is 5.88. The van der Waals surface area contributed by atoms with Crippen molar-refractivity contribution < 1.29 is 9.53 Å². The van der Waals surface area contributed by atoms with Crippen LogP contribution in [0.1, 0.15) is 17.3 Å². The van der Waals surface area contributed by atoms with Crippen LogP contribution in [0.3, 0.4) is 0 Å². The molecule has 94 valence electrons. The molecule has 0 saturated heterocycles. The third kappa shape index (κ3) is 4.36. The van der Waals surface area contributed by atoms with Crippen LogP contribution in [0.15, 0.2) is 22.7 Å². The number of benzene rings is 1. The van der Waals surface area contributed by atoms with E-state index in [9.17, 15) is 4.79 Å². The largest absolute Gasteiger partial charge is 0.496 e. The van der Waals surface area contributed by atoms with E-state index < -0.39 is 0 Å². The van der Waals surface area contributed by atoms with Crippen LogP contribution in [0.25, 0.3) is 0 Å². The SMILES string of the molecule is CCNCCNC(=O)c1ccc(OC)c(Br)c1. The van der Waals surface area contributed by atoms with Crippen LogP contribution < -0.4 is 15.4 Å². The number of nitrogens with one attached hydrogen (secondary N) is 2. The fourth-order valence-electron chi connectivity index (χ4n) is 1.35. The van der Waals surface area contributed by atoms with Gasteiger partial charge in [0, 0.05) is 18.7 Å². The predicted molar refractivity (Wildman–Crippen MR) is 71.6 cm³/mol. The number of methoxy groups -OCH3 is 1. The highest BCUT2D eigenvalue weighted by molar-refractivity contribution is 9.10. The highest BCUT2D eigenvalue weighted by Crippen LogP contribution is 2.25. The topological polar surface area (TPSA) is 50.4 Å². The first-order chi connectivity index (χ1) is 8.19. The Morgan fingerprint density at radius 3 is 2.76 bits per heavy atom. The fraction of sp³-hybridized carbons (Fsp3) is 0.417. The molecular formula is C12H17BrN2O2. The molecule has 0 aliphatic rings. The number of hydrogen-bond acceptors (Lipinski definition) is 3. The van der Waals surface area contributed by atoms with Gasteiger partial charge in [-0.3, -0.25) is 4.79 Å². The predicted octanol–water partition coefficient (Wildman–Crippen LogP) is 1.80. The Hall–Kier alpha value is -1.07. The maximum absolute atomic E-state index is 11.8. The molecule has 0 fully saturated rings. The van der Waals surface area contributed by atoms with Crippen LogP contribution in [-0.2, 0) is 0 Å². The zero-order valence-corrected chi connectivity index (χ0v) is 11.6. The van der Waals surface area contributed by atoms with Crippen molar-refractivity contribution in [1.82, 2.24) is 10.6 Å². The molecule has 0 saturated carbocycles. The quantitative estimate of drug-likeness (QED) is 0.788. The van der Waals surface area contributed by atoms with Crippen molar-refractivity contribution in [2.24, 2.45) is 0 Å². The lowest BCUT2D eigenvalue weighted by atomic mass is 10.2. The molecular weight excluding hydrogens is 284 g/mol. The molecule has 0 aromatic heterocycles. The number of ether oxygens (including phenoxy) is 1. The molecule has 0 bridgehead atoms. The summed E-state index contributed by atoms with van der Waals surface area (Å²) in [5, 5.41) is 5.98. The third-order valence-electron chi connectivity index (χ3n) is 2.25. The van der Waals surface area contributed by atoms with Gasteiger partial charge in [0.05, 0.1) is 11.6 Å². The lowest BCUT2D eigenvalue weighted by Crippen LogP contribution is -2.31. The average molecular weight is 301 g/mol. The van der Waals surface area contributed by atoms with E-state index >= 15 is 0 Å². The standard InChI is InChI=1S/C12H17BrN2O2/c1-3-14-6-7-15-12(16)9-4-5-11(17-2)10(13)8-9/h4-5,8,14H,3,6-7H2,1-2H3,(H,15,16). The maximum atomic E-state index is 11.8. The van der Waals surface area contributed by atoms with Crippen molar-refractivity contribution in [3.8, 4) is 5.75 Å². The summed E-state index contributed by atoms with van der Waals surface area (Å²) in [5.74, 6) is 0.639. The first-order valence-corrected chi connectivity index (χ1v) is 6.30. The molecule has 0 atom stereocenters. The Morgan fingerprint density at radius 2 is 2.18 bits per heavy atom. The van der Waals surface area contributed by atoms with Crippen molar-refractivity contribution in [3.05, 3.63) is 28.2 Å². The van der Waals surface area contributed by atoms with E-state index in [0.717, 1.165) is 17.6 Å². The van der Waals surface area contributed by atoms with Crippen molar-refractivity contribution in [1.29, 1.82) is 0 Å². The Bertz CT molecular complexity index is 383. The summed E-state index contributed by atoms with van der Waals surface area (Å²) in [5.41, 5.74) is 0.620. The first kappa shape index (κ1) is 14.0. The van der Waals surface area contributed by atoms with Gasteiger partial charge in [-0.05, 0) is 40.7 Å². The minimum atomic E-state index is -0.0775. The molecule has 5 heteroatoms. The van der Waals surface area contributed by atoms with Crippen LogP contribution in [0.5, 0.6) is 5.75 Å². The van der Waals surface area contributed by atoms with Crippen LogP contribution in [-0.4, -0.2) is 32.7 Å². The molecule has 1 amide bonds. The summed E-state index contributed by atoms with van der Waals surface area (Å²) in [6.45, 7) is 4.34. The second-order valence-electron chi connectivity index (χ2n) is 3.46. The summed E-state index contributed by atoms with van der Waals surface area (Å²) in [4.78, 5) is 11.8. The zero-order chi connectivity index (χ0) is 12.7. The van der Waals surface area contributed by atoms with Gasteiger partial charge in [0.1, 0.15) is 5.75 Å². The van der Waals surface area contributed by atoms with Crippen LogP contribution in [0, 0.1) is 0 Å². The number of likely N-dealkylation sites (N-methyl/N-ethyl adjacent to an activating group) is 1. The van der Waals surface area contributed by atoms with E-state index in [4.69, 9.17) is 4.74 Å². The molecule has 0 spiro atoms. The summed E-state index contributed by atoms with van der Waals surface area (Å²) in [6.07, 6.45) is 0. The second-order valence-corrected chi connectivity index (χ2v) is 4.31. The molecule has 0 heterocycles. The minimum Gasteiger partial charge on any atom is -0.496 e. The monoisotopic (exact) mass is 300 g/mol. The fourth-order valence-corrected chi connectivity index (χ4v) is 1.89. The average Bonchev–Trinajstić information content (AvgIpc) is 2.34. The molecule has 1 aromatic carbocycles. The Balaban J connectivity index is 2.54. The molecule has 0 aliphatic carbocycles. The normalized spacial score (nSPS) is 10.1. The number of hydrogen-bond donors (Lipinski definition) is 2. The van der Waals surface area contributed by atoms with Crippen molar-refractivity contribution in [2.45, 2.75) is 6.92 Å². The van der Waals surface area contributed by atoms with Gasteiger partial charge in [0.25, 0.3) is 5.91 Å². The van der Waals surface area contributed by atoms with E-state index in [1.807, 2.05) is 6.92 Å². The number of carbonyl (C=O) groups is 1. The Labute approximate surface area is 110 Å². The molecule has 1 aromatic rings. The van der Waals surface area contributed by atoms with Crippen LogP contribution in [0.2, 0.25) is 0 Å².